The van der Waals surface area contributed by atoms with Crippen LogP contribution in [0.2, 0.25) is 0 Å². The van der Waals surface area contributed by atoms with E-state index in [9.17, 15) is 19.8 Å². The highest BCUT2D eigenvalue weighted by Crippen LogP contribution is 2.73. The number of carboxylic acids is 1. The molecule has 4 heteroatoms. The molecule has 0 aromatic rings. The summed E-state index contributed by atoms with van der Waals surface area (Å²) in [7, 11) is 0. The Hall–Kier alpha value is -1.42. The summed E-state index contributed by atoms with van der Waals surface area (Å²) in [6.45, 7) is 15.7. The van der Waals surface area contributed by atoms with E-state index < -0.39 is 16.8 Å². The second-order valence-electron chi connectivity index (χ2n) is 14.4. The topological polar surface area (TPSA) is 74.6 Å². The molecule has 5 rings (SSSR count). The molecular weight excluding hydrogens is 424 g/mol. The van der Waals surface area contributed by atoms with Gasteiger partial charge in [-0.05, 0) is 97.9 Å². The van der Waals surface area contributed by atoms with Gasteiger partial charge in [-0.25, -0.2) is 0 Å². The first-order valence-electron chi connectivity index (χ1n) is 13.4. The third-order valence-corrected chi connectivity index (χ3v) is 12.5. The van der Waals surface area contributed by atoms with E-state index in [2.05, 4.69) is 53.7 Å². The zero-order valence-electron chi connectivity index (χ0n) is 22.3. The Labute approximate surface area is 205 Å². The van der Waals surface area contributed by atoms with E-state index >= 15 is 0 Å². The zero-order valence-corrected chi connectivity index (χ0v) is 22.3. The molecule has 8 atom stereocenters. The molecule has 0 amide bonds. The maximum absolute atomic E-state index is 13.4. The van der Waals surface area contributed by atoms with Gasteiger partial charge in [0.1, 0.15) is 5.78 Å². The predicted molar refractivity (Wildman–Crippen MR) is 133 cm³/mol. The number of rotatable bonds is 1. The fourth-order valence-corrected chi connectivity index (χ4v) is 9.77. The second-order valence-corrected chi connectivity index (χ2v) is 14.4. The molecule has 0 spiro atoms. The van der Waals surface area contributed by atoms with Crippen molar-refractivity contribution in [3.63, 3.8) is 0 Å². The van der Waals surface area contributed by atoms with E-state index in [0.717, 1.165) is 44.1 Å². The number of carbonyl (C=O) groups is 2. The van der Waals surface area contributed by atoms with Gasteiger partial charge in [0.15, 0.2) is 0 Å². The summed E-state index contributed by atoms with van der Waals surface area (Å²) < 4.78 is 0. The van der Waals surface area contributed by atoms with Gasteiger partial charge in [0.05, 0.1) is 11.5 Å². The Morgan fingerprint density at radius 2 is 1.62 bits per heavy atom. The van der Waals surface area contributed by atoms with E-state index in [1.807, 2.05) is 0 Å². The summed E-state index contributed by atoms with van der Waals surface area (Å²) >= 11 is 0. The average molecular weight is 469 g/mol. The highest BCUT2D eigenvalue weighted by atomic mass is 16.4. The molecule has 4 nitrogen and oxygen atoms in total. The summed E-state index contributed by atoms with van der Waals surface area (Å²) in [6, 6.07) is 0. The summed E-state index contributed by atoms with van der Waals surface area (Å²) in [5.41, 5.74) is 0.825. The number of carboxylic acid groups (broad SMARTS) is 1. The van der Waals surface area contributed by atoms with Crippen LogP contribution in [-0.2, 0) is 9.59 Å². The van der Waals surface area contributed by atoms with E-state index in [0.29, 0.717) is 18.3 Å². The van der Waals surface area contributed by atoms with Crippen LogP contribution in [0, 0.1) is 44.3 Å². The molecule has 3 saturated carbocycles. The van der Waals surface area contributed by atoms with Gasteiger partial charge in [-0.15, -0.1) is 0 Å². The molecule has 0 bridgehead atoms. The monoisotopic (exact) mass is 468 g/mol. The Morgan fingerprint density at radius 1 is 0.941 bits per heavy atom. The average Bonchev–Trinajstić information content (AvgIpc) is 2.73. The molecular formula is C30H44O4. The number of fused-ring (bicyclic) bond motifs is 6. The number of aliphatic hydroxyl groups excluding tert-OH is 1. The predicted octanol–water partition coefficient (Wildman–Crippen LogP) is 6.33. The van der Waals surface area contributed by atoms with Crippen LogP contribution < -0.4 is 0 Å². The lowest BCUT2D eigenvalue weighted by atomic mass is 9.35. The van der Waals surface area contributed by atoms with Crippen LogP contribution >= 0.6 is 0 Å². The second kappa shape index (κ2) is 6.87. The van der Waals surface area contributed by atoms with Crippen molar-refractivity contribution in [1.82, 2.24) is 0 Å². The molecule has 0 saturated heterocycles. The Balaban J connectivity index is 1.67. The van der Waals surface area contributed by atoms with Gasteiger partial charge in [-0.3, -0.25) is 9.59 Å². The molecule has 0 aromatic heterocycles. The number of ketones is 1. The molecule has 0 heterocycles. The fraction of sp³-hybridized carbons (Fsp3) is 0.800. The van der Waals surface area contributed by atoms with Crippen LogP contribution in [0.3, 0.4) is 0 Å². The zero-order chi connectivity index (χ0) is 25.1. The normalized spacial score (nSPS) is 51.8. The molecule has 5 aliphatic carbocycles. The minimum Gasteiger partial charge on any atom is -0.481 e. The number of carbonyl (C=O) groups excluding carboxylic acids is 1. The quantitative estimate of drug-likeness (QED) is 0.471. The largest absolute Gasteiger partial charge is 0.481 e. The number of Topliss-reactive ketones (excluding diaryl/α,β-unsaturated/α-hetero) is 1. The fourth-order valence-electron chi connectivity index (χ4n) is 9.77. The third kappa shape index (κ3) is 2.70. The van der Waals surface area contributed by atoms with Crippen LogP contribution in [0.5, 0.6) is 0 Å². The van der Waals surface area contributed by atoms with Gasteiger partial charge in [0, 0.05) is 11.8 Å². The lowest BCUT2D eigenvalue weighted by Gasteiger charge is -2.69. The lowest BCUT2D eigenvalue weighted by molar-refractivity contribution is -0.182. The Morgan fingerprint density at radius 3 is 2.26 bits per heavy atom. The first kappa shape index (κ1) is 24.3. The smallest absolute Gasteiger partial charge is 0.310 e. The van der Waals surface area contributed by atoms with Crippen molar-refractivity contribution in [1.29, 1.82) is 0 Å². The van der Waals surface area contributed by atoms with Crippen LogP contribution in [0.4, 0.5) is 0 Å². The van der Waals surface area contributed by atoms with Crippen molar-refractivity contribution in [3.8, 4) is 0 Å². The van der Waals surface area contributed by atoms with E-state index in [1.165, 1.54) is 5.57 Å². The SMILES string of the molecule is CC1(C)[C@@H](O)CC[C@]2(C)[C@H]3C=CC4=C5C[C@](C)(C(=O)O)CC(=O)[C@]5(C)CC[C@@]4(C)[C@]3(C)CC[C@@H]12. The maximum atomic E-state index is 13.4. The molecule has 0 unspecified atom stereocenters. The summed E-state index contributed by atoms with van der Waals surface area (Å²) in [6.07, 6.45) is 11.0. The van der Waals surface area contributed by atoms with Gasteiger partial charge >= 0.3 is 5.97 Å². The molecule has 0 radical (unpaired) electrons. The van der Waals surface area contributed by atoms with Crippen molar-refractivity contribution < 1.29 is 19.8 Å². The molecule has 5 aliphatic rings. The maximum Gasteiger partial charge on any atom is 0.310 e. The highest BCUT2D eigenvalue weighted by molar-refractivity contribution is 5.95. The van der Waals surface area contributed by atoms with Crippen molar-refractivity contribution in [2.24, 2.45) is 44.3 Å². The minimum absolute atomic E-state index is 0.0507. The number of hydrogen-bond donors (Lipinski definition) is 2. The van der Waals surface area contributed by atoms with Gasteiger partial charge < -0.3 is 10.2 Å². The Kier molecular flexibility index (Phi) is 4.90. The molecule has 188 valence electrons. The van der Waals surface area contributed by atoms with Gasteiger partial charge in [0.25, 0.3) is 0 Å². The van der Waals surface area contributed by atoms with E-state index in [-0.39, 0.29) is 40.0 Å². The van der Waals surface area contributed by atoms with Crippen molar-refractivity contribution in [3.05, 3.63) is 23.3 Å². The van der Waals surface area contributed by atoms with Crippen molar-refractivity contribution in [2.45, 2.75) is 106 Å². The number of aliphatic carboxylic acids is 1. The molecule has 0 aromatic carbocycles. The van der Waals surface area contributed by atoms with Gasteiger partial charge in [-0.1, -0.05) is 52.3 Å². The lowest BCUT2D eigenvalue weighted by Crippen LogP contribution is -2.63. The minimum atomic E-state index is -1.02. The summed E-state index contributed by atoms with van der Waals surface area (Å²) in [5.74, 6) is 0.134. The van der Waals surface area contributed by atoms with Gasteiger partial charge in [-0.2, -0.15) is 0 Å². The molecule has 34 heavy (non-hydrogen) atoms. The van der Waals surface area contributed by atoms with E-state index in [1.54, 1.807) is 6.92 Å². The third-order valence-electron chi connectivity index (χ3n) is 12.5. The Bertz CT molecular complexity index is 1020. The molecule has 0 aliphatic heterocycles. The first-order chi connectivity index (χ1) is 15.6. The van der Waals surface area contributed by atoms with Crippen LogP contribution in [-0.4, -0.2) is 28.1 Å². The van der Waals surface area contributed by atoms with Crippen LogP contribution in [0.15, 0.2) is 23.3 Å². The summed E-state index contributed by atoms with van der Waals surface area (Å²) in [5, 5.41) is 20.9. The van der Waals surface area contributed by atoms with Gasteiger partial charge in [0.2, 0.25) is 0 Å². The number of aliphatic hydroxyl groups is 1. The van der Waals surface area contributed by atoms with Crippen LogP contribution in [0.1, 0.15) is 99.8 Å². The first-order valence-corrected chi connectivity index (χ1v) is 13.4. The summed E-state index contributed by atoms with van der Waals surface area (Å²) in [4.78, 5) is 25.6. The van der Waals surface area contributed by atoms with Crippen molar-refractivity contribution in [2.75, 3.05) is 0 Å². The molecule has 3 fully saturated rings. The highest BCUT2D eigenvalue weighted by Gasteiger charge is 2.67. The van der Waals surface area contributed by atoms with Crippen molar-refractivity contribution >= 4 is 11.8 Å². The van der Waals surface area contributed by atoms with Crippen LogP contribution in [0.25, 0.3) is 0 Å². The molecule has 2 N–H and O–H groups in total. The number of allylic oxidation sites excluding steroid dienone is 4. The standard InChI is InChI=1S/C30H44O4/c1-25(2)20-10-13-30(7)21(28(20,5)12-11-22(25)31)9-8-18-19-16-26(3,24(33)34)17-23(32)27(19,4)14-15-29(18,30)6/h8-9,20-22,31H,10-17H2,1-7H3,(H,33,34)/t20-,21+,22-,26-,27+,28-,29+,30+/m0/s1. The number of hydrogen-bond acceptors (Lipinski definition) is 3. The van der Waals surface area contributed by atoms with E-state index in [4.69, 9.17) is 0 Å².